The third-order valence-electron chi connectivity index (χ3n) is 2.92. The third kappa shape index (κ3) is 2.76. The Hall–Kier alpha value is -1.89. The maximum Gasteiger partial charge on any atom is 0.233 e. The van der Waals surface area contributed by atoms with Crippen LogP contribution in [0.15, 0.2) is 34.3 Å². The highest BCUT2D eigenvalue weighted by atomic mass is 32.2. The minimum absolute atomic E-state index is 0.0873. The lowest BCUT2D eigenvalue weighted by Gasteiger charge is -2.25. The number of rotatable bonds is 3. The van der Waals surface area contributed by atoms with E-state index in [4.69, 9.17) is 4.52 Å². The molecule has 1 aliphatic heterocycles. The normalized spacial score (nSPS) is 14.2. The highest BCUT2D eigenvalue weighted by Gasteiger charge is 2.23. The minimum Gasteiger partial charge on any atom is -0.361 e. The van der Waals surface area contributed by atoms with E-state index in [1.165, 1.54) is 11.8 Å². The van der Waals surface area contributed by atoms with Crippen LogP contribution in [-0.4, -0.2) is 38.2 Å². The second kappa shape index (κ2) is 5.40. The Morgan fingerprint density at radius 3 is 3.11 bits per heavy atom. The Morgan fingerprint density at radius 2 is 2.26 bits per heavy atom. The van der Waals surface area contributed by atoms with Crippen molar-refractivity contribution < 1.29 is 9.32 Å². The van der Waals surface area contributed by atoms with E-state index >= 15 is 0 Å². The lowest BCUT2D eigenvalue weighted by Crippen LogP contribution is -2.36. The molecule has 0 bridgehead atoms. The number of amides is 1. The van der Waals surface area contributed by atoms with Crippen molar-refractivity contribution >= 4 is 17.7 Å². The van der Waals surface area contributed by atoms with Crippen LogP contribution >= 0.6 is 11.8 Å². The van der Waals surface area contributed by atoms with E-state index in [2.05, 4.69) is 15.1 Å². The van der Waals surface area contributed by atoms with Crippen LogP contribution in [0.3, 0.4) is 0 Å². The molecule has 0 saturated carbocycles. The fourth-order valence-electron chi connectivity index (χ4n) is 1.93. The van der Waals surface area contributed by atoms with Crippen LogP contribution in [-0.2, 0) is 17.8 Å². The first kappa shape index (κ1) is 12.2. The molecule has 2 aromatic rings. The molecule has 0 atom stereocenters. The van der Waals surface area contributed by atoms with Gasteiger partial charge in [0.1, 0.15) is 5.76 Å². The number of fused-ring (bicyclic) bond motifs is 1. The molecule has 2 aromatic heterocycles. The van der Waals surface area contributed by atoms with Gasteiger partial charge in [-0.15, -0.1) is 0 Å². The van der Waals surface area contributed by atoms with Gasteiger partial charge in [-0.2, -0.15) is 0 Å². The summed E-state index contributed by atoms with van der Waals surface area (Å²) < 4.78 is 5.10. The number of hydrogen-bond acceptors (Lipinski definition) is 6. The van der Waals surface area contributed by atoms with Crippen molar-refractivity contribution in [3.05, 3.63) is 36.0 Å². The van der Waals surface area contributed by atoms with E-state index in [0.717, 1.165) is 17.7 Å². The van der Waals surface area contributed by atoms with Crippen LogP contribution < -0.4 is 0 Å². The predicted molar refractivity (Wildman–Crippen MR) is 68.4 cm³/mol. The van der Waals surface area contributed by atoms with E-state index in [1.807, 2.05) is 4.90 Å². The first-order valence-electron chi connectivity index (χ1n) is 5.93. The van der Waals surface area contributed by atoms with Crippen molar-refractivity contribution in [1.29, 1.82) is 0 Å². The molecule has 3 heterocycles. The van der Waals surface area contributed by atoms with E-state index in [0.29, 0.717) is 24.0 Å². The van der Waals surface area contributed by atoms with Gasteiger partial charge in [-0.05, 0) is 6.07 Å². The average molecular weight is 276 g/mol. The maximum atomic E-state index is 12.1. The molecule has 0 saturated heterocycles. The zero-order valence-corrected chi connectivity index (χ0v) is 11.0. The molecular formula is C12H12N4O2S. The molecule has 7 heteroatoms. The minimum atomic E-state index is 0.0873. The predicted octanol–water partition coefficient (Wildman–Crippen LogP) is 1.14. The Morgan fingerprint density at radius 1 is 1.42 bits per heavy atom. The Labute approximate surface area is 114 Å². The van der Waals surface area contributed by atoms with Gasteiger partial charge in [0.05, 0.1) is 18.5 Å². The summed E-state index contributed by atoms with van der Waals surface area (Å²) in [7, 11) is 0. The lowest BCUT2D eigenvalue weighted by molar-refractivity contribution is -0.129. The molecule has 0 aliphatic carbocycles. The van der Waals surface area contributed by atoms with Gasteiger partial charge in [0.2, 0.25) is 5.91 Å². The number of carbonyl (C=O) groups is 1. The summed E-state index contributed by atoms with van der Waals surface area (Å²) in [4.78, 5) is 22.1. The van der Waals surface area contributed by atoms with Gasteiger partial charge in [-0.1, -0.05) is 16.9 Å². The molecular weight excluding hydrogens is 264 g/mol. The van der Waals surface area contributed by atoms with E-state index in [1.54, 1.807) is 24.7 Å². The second-order valence-electron chi connectivity index (χ2n) is 4.16. The number of nitrogens with zero attached hydrogens (tertiary/aromatic N) is 4. The second-order valence-corrected chi connectivity index (χ2v) is 5.10. The lowest BCUT2D eigenvalue weighted by atomic mass is 10.1. The monoisotopic (exact) mass is 276 g/mol. The molecule has 1 amide bonds. The molecule has 1 aliphatic rings. The van der Waals surface area contributed by atoms with Crippen LogP contribution in [0.25, 0.3) is 0 Å². The van der Waals surface area contributed by atoms with Crippen molar-refractivity contribution in [3.8, 4) is 0 Å². The molecule has 0 fully saturated rings. The van der Waals surface area contributed by atoms with Crippen molar-refractivity contribution in [2.75, 3.05) is 12.3 Å². The van der Waals surface area contributed by atoms with Gasteiger partial charge in [-0.3, -0.25) is 4.79 Å². The highest BCUT2D eigenvalue weighted by Crippen LogP contribution is 2.20. The fourth-order valence-corrected chi connectivity index (χ4v) is 2.64. The molecule has 0 aromatic carbocycles. The number of carbonyl (C=O) groups excluding carboxylic acids is 1. The molecule has 0 N–H and O–H groups in total. The maximum absolute atomic E-state index is 12.1. The number of thioether (sulfide) groups is 1. The van der Waals surface area contributed by atoms with Gasteiger partial charge < -0.3 is 9.42 Å². The van der Waals surface area contributed by atoms with Crippen LogP contribution in [0.2, 0.25) is 0 Å². The summed E-state index contributed by atoms with van der Waals surface area (Å²) in [5, 5.41) is 4.38. The molecule has 19 heavy (non-hydrogen) atoms. The van der Waals surface area contributed by atoms with Gasteiger partial charge in [0.25, 0.3) is 0 Å². The van der Waals surface area contributed by atoms with E-state index < -0.39 is 0 Å². The molecule has 3 rings (SSSR count). The Kier molecular flexibility index (Phi) is 3.45. The highest BCUT2D eigenvalue weighted by molar-refractivity contribution is 7.99. The van der Waals surface area contributed by atoms with Crippen molar-refractivity contribution in [2.45, 2.75) is 18.1 Å². The van der Waals surface area contributed by atoms with Crippen LogP contribution in [0.5, 0.6) is 0 Å². The third-order valence-corrected chi connectivity index (χ3v) is 3.78. The first-order chi connectivity index (χ1) is 9.33. The largest absolute Gasteiger partial charge is 0.361 e. The van der Waals surface area contributed by atoms with Gasteiger partial charge in [-0.25, -0.2) is 9.97 Å². The number of hydrogen-bond donors (Lipinski definition) is 0. The molecule has 0 spiro atoms. The Balaban J connectivity index is 1.57. The summed E-state index contributed by atoms with van der Waals surface area (Å²) in [5.41, 5.74) is 1.00. The summed E-state index contributed by atoms with van der Waals surface area (Å²) >= 11 is 1.35. The number of aromatic nitrogens is 3. The summed E-state index contributed by atoms with van der Waals surface area (Å²) in [5.74, 6) is 1.33. The zero-order chi connectivity index (χ0) is 13.1. The Bertz CT molecular complexity index is 572. The summed E-state index contributed by atoms with van der Waals surface area (Å²) in [6, 6.07) is 1.75. The van der Waals surface area contributed by atoms with E-state index in [-0.39, 0.29) is 5.91 Å². The molecule has 0 unspecified atom stereocenters. The summed E-state index contributed by atoms with van der Waals surface area (Å²) in [6.07, 6.45) is 5.75. The van der Waals surface area contributed by atoms with Crippen molar-refractivity contribution in [2.24, 2.45) is 0 Å². The molecule has 0 radical (unpaired) electrons. The van der Waals surface area contributed by atoms with Crippen molar-refractivity contribution in [3.63, 3.8) is 0 Å². The smallest absolute Gasteiger partial charge is 0.233 e. The zero-order valence-electron chi connectivity index (χ0n) is 10.2. The average Bonchev–Trinajstić information content (AvgIpc) is 2.93. The fraction of sp³-hybridized carbons (Fsp3) is 0.333. The summed E-state index contributed by atoms with van der Waals surface area (Å²) in [6.45, 7) is 1.26. The quantitative estimate of drug-likeness (QED) is 0.618. The standard InChI is InChI=1S/C12H12N4O2S/c17-11(8-19-12-13-3-1-4-14-12)16-5-2-10-9(7-16)6-15-18-10/h1,3-4,6H,2,5,7-8H2. The van der Waals surface area contributed by atoms with Gasteiger partial charge >= 0.3 is 0 Å². The van der Waals surface area contributed by atoms with Crippen molar-refractivity contribution in [1.82, 2.24) is 20.0 Å². The molecule has 98 valence electrons. The van der Waals surface area contributed by atoms with Gasteiger partial charge in [0.15, 0.2) is 5.16 Å². The van der Waals surface area contributed by atoms with Gasteiger partial charge in [0, 0.05) is 30.9 Å². The van der Waals surface area contributed by atoms with Crippen LogP contribution in [0.1, 0.15) is 11.3 Å². The van der Waals surface area contributed by atoms with Crippen LogP contribution in [0, 0.1) is 0 Å². The van der Waals surface area contributed by atoms with Crippen LogP contribution in [0.4, 0.5) is 0 Å². The van der Waals surface area contributed by atoms with E-state index in [9.17, 15) is 4.79 Å². The topological polar surface area (TPSA) is 72.1 Å². The molecule has 6 nitrogen and oxygen atoms in total. The first-order valence-corrected chi connectivity index (χ1v) is 6.91. The SMILES string of the molecule is O=C(CSc1ncccn1)N1CCc2oncc2C1.